The average Bonchev–Trinajstić information content (AvgIpc) is 3.33. The smallest absolute Gasteiger partial charge is 0.340 e. The summed E-state index contributed by atoms with van der Waals surface area (Å²) in [4.78, 5) is 13.2. The molecule has 0 atom stereocenters. The number of ether oxygens (including phenoxy) is 1. The summed E-state index contributed by atoms with van der Waals surface area (Å²) in [5.74, 6) is 1.49. The van der Waals surface area contributed by atoms with Gasteiger partial charge in [-0.15, -0.1) is 0 Å². The number of hydrogen-bond acceptors (Lipinski definition) is 3. The highest BCUT2D eigenvalue weighted by molar-refractivity contribution is 6.31. The standard InChI is InChI=1S/C29H23Cl2N3O2/c1-19-17-24(15-16-27(19)36-25-5-3-2-4-6-25)32-29(35)34-18-26(20-7-11-22(30)12-8-20)28(33-34)21-9-13-23(31)14-10-21/h2-17,33H,18H2,1H3,(H,32,35). The lowest BCUT2D eigenvalue weighted by molar-refractivity contribution is 0.210. The number of rotatable bonds is 5. The minimum atomic E-state index is -0.276. The predicted molar refractivity (Wildman–Crippen MR) is 146 cm³/mol. The van der Waals surface area contributed by atoms with Gasteiger partial charge in [0.05, 0.1) is 12.2 Å². The van der Waals surface area contributed by atoms with Crippen LogP contribution in [0, 0.1) is 6.92 Å². The summed E-state index contributed by atoms with van der Waals surface area (Å²) < 4.78 is 5.95. The third kappa shape index (κ3) is 5.33. The average molecular weight is 516 g/mol. The minimum Gasteiger partial charge on any atom is -0.457 e. The van der Waals surface area contributed by atoms with Crippen molar-refractivity contribution in [1.29, 1.82) is 0 Å². The van der Waals surface area contributed by atoms with Crippen LogP contribution in [0.1, 0.15) is 16.7 Å². The normalized spacial score (nSPS) is 12.9. The summed E-state index contributed by atoms with van der Waals surface area (Å²) in [6.45, 7) is 2.32. The van der Waals surface area contributed by atoms with E-state index in [1.165, 1.54) is 0 Å². The summed E-state index contributed by atoms with van der Waals surface area (Å²) in [5, 5.41) is 5.84. The molecule has 36 heavy (non-hydrogen) atoms. The summed E-state index contributed by atoms with van der Waals surface area (Å²) in [5.41, 5.74) is 8.58. The van der Waals surface area contributed by atoms with Crippen LogP contribution in [0.3, 0.4) is 0 Å². The van der Waals surface area contributed by atoms with Crippen molar-refractivity contribution < 1.29 is 9.53 Å². The number of nitrogens with one attached hydrogen (secondary N) is 2. The molecule has 0 saturated carbocycles. The van der Waals surface area contributed by atoms with Crippen molar-refractivity contribution >= 4 is 46.2 Å². The fourth-order valence-corrected chi connectivity index (χ4v) is 4.24. The zero-order valence-electron chi connectivity index (χ0n) is 19.5. The van der Waals surface area contributed by atoms with Crippen molar-refractivity contribution in [2.75, 3.05) is 11.9 Å². The molecule has 0 aliphatic carbocycles. The predicted octanol–water partition coefficient (Wildman–Crippen LogP) is 8.01. The van der Waals surface area contributed by atoms with E-state index in [4.69, 9.17) is 27.9 Å². The Morgan fingerprint density at radius 2 is 1.50 bits per heavy atom. The van der Waals surface area contributed by atoms with E-state index >= 15 is 0 Å². The van der Waals surface area contributed by atoms with E-state index in [2.05, 4.69) is 10.7 Å². The first-order valence-electron chi connectivity index (χ1n) is 11.4. The van der Waals surface area contributed by atoms with Crippen LogP contribution in [0.25, 0.3) is 11.3 Å². The maximum absolute atomic E-state index is 13.2. The summed E-state index contributed by atoms with van der Waals surface area (Å²) in [6, 6.07) is 30.0. The number of aryl methyl sites for hydroxylation is 1. The molecule has 0 unspecified atom stereocenters. The Morgan fingerprint density at radius 1 is 0.861 bits per heavy atom. The van der Waals surface area contributed by atoms with Gasteiger partial charge in [0.15, 0.2) is 0 Å². The van der Waals surface area contributed by atoms with E-state index < -0.39 is 0 Å². The highest BCUT2D eigenvalue weighted by Crippen LogP contribution is 2.32. The number of benzene rings is 4. The van der Waals surface area contributed by atoms with Gasteiger partial charge < -0.3 is 10.1 Å². The molecule has 4 aromatic rings. The molecule has 0 radical (unpaired) electrons. The van der Waals surface area contributed by atoms with Crippen molar-refractivity contribution in [2.24, 2.45) is 0 Å². The Morgan fingerprint density at radius 3 is 2.14 bits per heavy atom. The van der Waals surface area contributed by atoms with Gasteiger partial charge in [-0.3, -0.25) is 5.43 Å². The maximum Gasteiger partial charge on any atom is 0.340 e. The van der Waals surface area contributed by atoms with Crippen LogP contribution in [-0.4, -0.2) is 17.6 Å². The molecule has 0 fully saturated rings. The molecule has 0 spiro atoms. The largest absolute Gasteiger partial charge is 0.457 e. The molecule has 0 bridgehead atoms. The second-order valence-electron chi connectivity index (χ2n) is 8.39. The Bertz CT molecular complexity index is 1360. The van der Waals surface area contributed by atoms with Crippen LogP contribution < -0.4 is 15.5 Å². The van der Waals surface area contributed by atoms with Crippen molar-refractivity contribution in [2.45, 2.75) is 6.92 Å². The van der Waals surface area contributed by atoms with Gasteiger partial charge >= 0.3 is 6.03 Å². The zero-order chi connectivity index (χ0) is 25.1. The highest BCUT2D eigenvalue weighted by atomic mass is 35.5. The van der Waals surface area contributed by atoms with Crippen molar-refractivity contribution in [3.63, 3.8) is 0 Å². The van der Waals surface area contributed by atoms with Gasteiger partial charge in [-0.2, -0.15) is 0 Å². The van der Waals surface area contributed by atoms with Crippen molar-refractivity contribution in [3.8, 4) is 11.5 Å². The SMILES string of the molecule is Cc1cc(NC(=O)N2CC(c3ccc(Cl)cc3)=C(c3ccc(Cl)cc3)N2)ccc1Oc1ccccc1. The first-order valence-corrected chi connectivity index (χ1v) is 12.2. The maximum atomic E-state index is 13.2. The molecule has 5 rings (SSSR count). The molecule has 7 heteroatoms. The molecule has 1 heterocycles. The van der Waals surface area contributed by atoms with Crippen molar-refractivity contribution in [1.82, 2.24) is 10.4 Å². The topological polar surface area (TPSA) is 53.6 Å². The van der Waals surface area contributed by atoms with Crippen molar-refractivity contribution in [3.05, 3.63) is 124 Å². The highest BCUT2D eigenvalue weighted by Gasteiger charge is 2.27. The van der Waals surface area contributed by atoms with Gasteiger partial charge in [0, 0.05) is 21.3 Å². The molecule has 0 aromatic heterocycles. The molecule has 5 nitrogen and oxygen atoms in total. The number of carbonyl (C=O) groups excluding carboxylic acids is 1. The van der Waals surface area contributed by atoms with Crippen LogP contribution in [0.15, 0.2) is 97.1 Å². The van der Waals surface area contributed by atoms with Gasteiger partial charge in [0.1, 0.15) is 11.5 Å². The van der Waals surface area contributed by atoms with E-state index in [-0.39, 0.29) is 6.03 Å². The van der Waals surface area contributed by atoms with Gasteiger partial charge in [0.2, 0.25) is 0 Å². The first-order chi connectivity index (χ1) is 17.5. The van der Waals surface area contributed by atoms with Crippen LogP contribution in [0.4, 0.5) is 10.5 Å². The Balaban J connectivity index is 1.34. The molecule has 0 saturated heterocycles. The van der Waals surface area contributed by atoms with Gasteiger partial charge in [-0.05, 0) is 78.2 Å². The van der Waals surface area contributed by atoms with E-state index in [0.717, 1.165) is 39.5 Å². The van der Waals surface area contributed by atoms with Gasteiger partial charge in [-0.1, -0.05) is 65.7 Å². The summed E-state index contributed by atoms with van der Waals surface area (Å²) in [6.07, 6.45) is 0. The lowest BCUT2D eigenvalue weighted by Crippen LogP contribution is -2.40. The van der Waals surface area contributed by atoms with Crippen LogP contribution >= 0.6 is 23.2 Å². The zero-order valence-corrected chi connectivity index (χ0v) is 21.0. The third-order valence-corrected chi connectivity index (χ3v) is 6.34. The fourth-order valence-electron chi connectivity index (χ4n) is 3.99. The molecule has 1 aliphatic heterocycles. The number of hydrogen-bond donors (Lipinski definition) is 2. The molecule has 180 valence electrons. The van der Waals surface area contributed by atoms with E-state index in [9.17, 15) is 4.79 Å². The Kier molecular flexibility index (Phi) is 6.85. The van der Waals surface area contributed by atoms with Crippen LogP contribution in [-0.2, 0) is 0 Å². The number of nitrogens with zero attached hydrogens (tertiary/aromatic N) is 1. The van der Waals surface area contributed by atoms with Crippen LogP contribution in [0.5, 0.6) is 11.5 Å². The minimum absolute atomic E-state index is 0.276. The number of halogens is 2. The van der Waals surface area contributed by atoms with Gasteiger partial charge in [-0.25, -0.2) is 9.80 Å². The number of para-hydroxylation sites is 1. The molecular formula is C29H23Cl2N3O2. The lowest BCUT2D eigenvalue weighted by Gasteiger charge is -2.19. The number of amides is 2. The summed E-state index contributed by atoms with van der Waals surface area (Å²) in [7, 11) is 0. The molecule has 4 aromatic carbocycles. The second-order valence-corrected chi connectivity index (χ2v) is 9.26. The number of carbonyl (C=O) groups is 1. The summed E-state index contributed by atoms with van der Waals surface area (Å²) >= 11 is 12.2. The molecule has 2 N–H and O–H groups in total. The monoisotopic (exact) mass is 515 g/mol. The second kappa shape index (κ2) is 10.4. The van der Waals surface area contributed by atoms with E-state index in [1.54, 1.807) is 5.01 Å². The van der Waals surface area contributed by atoms with Gasteiger partial charge in [0.25, 0.3) is 0 Å². The Hall–Kier alpha value is -3.93. The number of anilines is 1. The van der Waals surface area contributed by atoms with Crippen LogP contribution in [0.2, 0.25) is 10.0 Å². The van der Waals surface area contributed by atoms with E-state index in [1.807, 2.05) is 104 Å². The third-order valence-electron chi connectivity index (χ3n) is 5.83. The Labute approximate surface area is 219 Å². The quantitative estimate of drug-likeness (QED) is 0.283. The number of hydrazine groups is 1. The molecular weight excluding hydrogens is 493 g/mol. The lowest BCUT2D eigenvalue weighted by atomic mass is 10.0. The molecule has 1 aliphatic rings. The van der Waals surface area contributed by atoms with E-state index in [0.29, 0.717) is 22.3 Å². The molecule has 2 amide bonds. The fraction of sp³-hybridized carbons (Fsp3) is 0.0690. The first kappa shape index (κ1) is 23.8. The number of urea groups is 1.